The number of hydrogen-bond donors (Lipinski definition) is 2. The number of nitrogens with one attached hydrogen (secondary N) is 2. The van der Waals surface area contributed by atoms with Crippen molar-refractivity contribution >= 4 is 27.6 Å². The molecule has 4 nitrogen and oxygen atoms in total. The van der Waals surface area contributed by atoms with Gasteiger partial charge >= 0.3 is 0 Å². The van der Waals surface area contributed by atoms with E-state index >= 15 is 0 Å². The molecule has 106 valence electrons. The number of aryl methyl sites for hydroxylation is 1. The van der Waals surface area contributed by atoms with Crippen LogP contribution in [0.2, 0.25) is 0 Å². The second-order valence-electron chi connectivity index (χ2n) is 4.70. The minimum Gasteiger partial charge on any atom is -0.372 e. The Morgan fingerprint density at radius 2 is 1.85 bits per heavy atom. The number of anilines is 2. The van der Waals surface area contributed by atoms with Crippen molar-refractivity contribution in [3.63, 3.8) is 0 Å². The zero-order chi connectivity index (χ0) is 14.4. The van der Waals surface area contributed by atoms with Crippen LogP contribution < -0.4 is 10.6 Å². The number of aromatic nitrogens is 2. The summed E-state index contributed by atoms with van der Waals surface area (Å²) in [6.07, 6.45) is 3.66. The van der Waals surface area contributed by atoms with Crippen LogP contribution in [-0.2, 0) is 6.42 Å². The SMILES string of the molecule is CNc1ncnc(NC(C)CCc2ccccc2)c1Br. The Labute approximate surface area is 128 Å². The second kappa shape index (κ2) is 7.24. The lowest BCUT2D eigenvalue weighted by molar-refractivity contribution is 0.702. The second-order valence-corrected chi connectivity index (χ2v) is 5.50. The van der Waals surface area contributed by atoms with Crippen LogP contribution >= 0.6 is 15.9 Å². The molecular weight excluding hydrogens is 316 g/mol. The van der Waals surface area contributed by atoms with Gasteiger partial charge in [-0.2, -0.15) is 0 Å². The minimum absolute atomic E-state index is 0.339. The van der Waals surface area contributed by atoms with Gasteiger partial charge in [0.1, 0.15) is 22.4 Å². The van der Waals surface area contributed by atoms with Gasteiger partial charge in [0.05, 0.1) is 0 Å². The molecule has 0 aliphatic heterocycles. The molecule has 2 aromatic rings. The maximum absolute atomic E-state index is 4.27. The van der Waals surface area contributed by atoms with E-state index in [-0.39, 0.29) is 0 Å². The van der Waals surface area contributed by atoms with E-state index in [0.717, 1.165) is 29.0 Å². The minimum atomic E-state index is 0.339. The maximum Gasteiger partial charge on any atom is 0.146 e. The van der Waals surface area contributed by atoms with E-state index in [0.29, 0.717) is 6.04 Å². The molecule has 2 rings (SSSR count). The average Bonchev–Trinajstić information content (AvgIpc) is 2.48. The lowest BCUT2D eigenvalue weighted by Gasteiger charge is -2.16. The number of hydrogen-bond acceptors (Lipinski definition) is 4. The van der Waals surface area contributed by atoms with Crippen LogP contribution in [-0.4, -0.2) is 23.1 Å². The molecule has 0 aliphatic rings. The molecule has 0 aliphatic carbocycles. The van der Waals surface area contributed by atoms with Gasteiger partial charge in [0, 0.05) is 13.1 Å². The van der Waals surface area contributed by atoms with Crippen LogP contribution in [0, 0.1) is 0 Å². The molecular formula is C15H19BrN4. The Morgan fingerprint density at radius 3 is 2.55 bits per heavy atom. The van der Waals surface area contributed by atoms with Gasteiger partial charge in [-0.25, -0.2) is 9.97 Å². The quantitative estimate of drug-likeness (QED) is 0.845. The first-order chi connectivity index (χ1) is 9.70. The van der Waals surface area contributed by atoms with Crippen molar-refractivity contribution in [3.8, 4) is 0 Å². The summed E-state index contributed by atoms with van der Waals surface area (Å²) >= 11 is 3.52. The fourth-order valence-corrected chi connectivity index (χ4v) is 2.50. The first-order valence-corrected chi connectivity index (χ1v) is 7.48. The molecule has 1 aromatic heterocycles. The van der Waals surface area contributed by atoms with Gasteiger partial charge in [0.2, 0.25) is 0 Å². The predicted molar refractivity (Wildman–Crippen MR) is 87.1 cm³/mol. The van der Waals surface area contributed by atoms with E-state index < -0.39 is 0 Å². The van der Waals surface area contributed by atoms with Crippen molar-refractivity contribution in [2.24, 2.45) is 0 Å². The Morgan fingerprint density at radius 1 is 1.15 bits per heavy atom. The summed E-state index contributed by atoms with van der Waals surface area (Å²) < 4.78 is 0.870. The highest BCUT2D eigenvalue weighted by Crippen LogP contribution is 2.26. The van der Waals surface area contributed by atoms with Crippen molar-refractivity contribution in [3.05, 3.63) is 46.7 Å². The Bertz CT molecular complexity index is 545. The predicted octanol–water partition coefficient (Wildman–Crippen LogP) is 3.71. The van der Waals surface area contributed by atoms with Crippen molar-refractivity contribution in [1.29, 1.82) is 0 Å². The van der Waals surface area contributed by atoms with Gasteiger partial charge in [0.15, 0.2) is 0 Å². The number of halogens is 1. The smallest absolute Gasteiger partial charge is 0.146 e. The summed E-state index contributed by atoms with van der Waals surface area (Å²) in [4.78, 5) is 8.42. The molecule has 1 aromatic carbocycles. The van der Waals surface area contributed by atoms with Gasteiger partial charge in [-0.3, -0.25) is 0 Å². The molecule has 0 spiro atoms. The molecule has 0 bridgehead atoms. The third-order valence-electron chi connectivity index (χ3n) is 3.12. The topological polar surface area (TPSA) is 49.8 Å². The molecule has 2 N–H and O–H groups in total. The van der Waals surface area contributed by atoms with Crippen molar-refractivity contribution in [1.82, 2.24) is 9.97 Å². The number of nitrogens with zero attached hydrogens (tertiary/aromatic N) is 2. The van der Waals surface area contributed by atoms with E-state index in [1.54, 1.807) is 6.33 Å². The highest BCUT2D eigenvalue weighted by atomic mass is 79.9. The first-order valence-electron chi connectivity index (χ1n) is 6.69. The van der Waals surface area contributed by atoms with Gasteiger partial charge in [-0.1, -0.05) is 30.3 Å². The molecule has 20 heavy (non-hydrogen) atoms. The zero-order valence-electron chi connectivity index (χ0n) is 11.7. The molecule has 0 fully saturated rings. The van der Waals surface area contributed by atoms with E-state index in [1.165, 1.54) is 5.56 Å². The fraction of sp³-hybridized carbons (Fsp3) is 0.333. The third-order valence-corrected chi connectivity index (χ3v) is 3.87. The largest absolute Gasteiger partial charge is 0.372 e. The molecule has 1 atom stereocenters. The molecule has 1 heterocycles. The molecule has 0 radical (unpaired) electrons. The van der Waals surface area contributed by atoms with Crippen LogP contribution in [0.5, 0.6) is 0 Å². The summed E-state index contributed by atoms with van der Waals surface area (Å²) in [5, 5.41) is 6.45. The van der Waals surface area contributed by atoms with Gasteiger partial charge in [-0.05, 0) is 41.3 Å². The summed E-state index contributed by atoms with van der Waals surface area (Å²) in [6.45, 7) is 2.16. The highest BCUT2D eigenvalue weighted by Gasteiger charge is 2.10. The summed E-state index contributed by atoms with van der Waals surface area (Å²) in [6, 6.07) is 10.9. The molecule has 1 unspecified atom stereocenters. The van der Waals surface area contributed by atoms with Crippen LogP contribution in [0.3, 0.4) is 0 Å². The molecule has 0 saturated heterocycles. The van der Waals surface area contributed by atoms with Crippen molar-refractivity contribution < 1.29 is 0 Å². The Hall–Kier alpha value is -1.62. The fourth-order valence-electron chi connectivity index (χ4n) is 1.98. The van der Waals surface area contributed by atoms with Crippen LogP contribution in [0.4, 0.5) is 11.6 Å². The van der Waals surface area contributed by atoms with Crippen molar-refractivity contribution in [2.75, 3.05) is 17.7 Å². The highest BCUT2D eigenvalue weighted by molar-refractivity contribution is 9.10. The van der Waals surface area contributed by atoms with Gasteiger partial charge in [-0.15, -0.1) is 0 Å². The Balaban J connectivity index is 1.93. The molecule has 0 amide bonds. The van der Waals surface area contributed by atoms with Gasteiger partial charge in [0.25, 0.3) is 0 Å². The third kappa shape index (κ3) is 3.93. The molecule has 5 heteroatoms. The van der Waals surface area contributed by atoms with Crippen LogP contribution in [0.15, 0.2) is 41.1 Å². The summed E-state index contributed by atoms with van der Waals surface area (Å²) in [5.74, 6) is 1.61. The van der Waals surface area contributed by atoms with Crippen LogP contribution in [0.1, 0.15) is 18.9 Å². The first kappa shape index (κ1) is 14.8. The zero-order valence-corrected chi connectivity index (χ0v) is 13.3. The van der Waals surface area contributed by atoms with E-state index in [4.69, 9.17) is 0 Å². The van der Waals surface area contributed by atoms with E-state index in [9.17, 15) is 0 Å². The number of rotatable bonds is 6. The summed E-state index contributed by atoms with van der Waals surface area (Å²) in [5.41, 5.74) is 1.36. The lowest BCUT2D eigenvalue weighted by atomic mass is 10.1. The standard InChI is InChI=1S/C15H19BrN4/c1-11(8-9-12-6-4-3-5-7-12)20-15-13(16)14(17-2)18-10-19-15/h3-7,10-11H,8-9H2,1-2H3,(H2,17,18,19,20). The maximum atomic E-state index is 4.27. The average molecular weight is 335 g/mol. The monoisotopic (exact) mass is 334 g/mol. The normalized spacial score (nSPS) is 11.9. The number of benzene rings is 1. The lowest BCUT2D eigenvalue weighted by Crippen LogP contribution is -2.17. The van der Waals surface area contributed by atoms with E-state index in [2.05, 4.69) is 67.7 Å². The van der Waals surface area contributed by atoms with Crippen LogP contribution in [0.25, 0.3) is 0 Å². The van der Waals surface area contributed by atoms with Crippen molar-refractivity contribution in [2.45, 2.75) is 25.8 Å². The Kier molecular flexibility index (Phi) is 5.35. The molecule has 0 saturated carbocycles. The van der Waals surface area contributed by atoms with Gasteiger partial charge < -0.3 is 10.6 Å². The van der Waals surface area contributed by atoms with E-state index in [1.807, 2.05) is 13.1 Å². The summed E-state index contributed by atoms with van der Waals surface area (Å²) in [7, 11) is 1.84.